The van der Waals surface area contributed by atoms with Gasteiger partial charge in [0.25, 0.3) is 0 Å². The summed E-state index contributed by atoms with van der Waals surface area (Å²) in [4.78, 5) is 3.98. The highest BCUT2D eigenvalue weighted by Crippen LogP contribution is 2.28. The van der Waals surface area contributed by atoms with Crippen molar-refractivity contribution in [2.45, 2.75) is 52.6 Å². The van der Waals surface area contributed by atoms with Crippen LogP contribution in [0.5, 0.6) is 0 Å². The zero-order valence-electron chi connectivity index (χ0n) is 17.9. The number of hydrogen-bond acceptors (Lipinski definition) is 3. The van der Waals surface area contributed by atoms with Crippen LogP contribution >= 0.6 is 0 Å². The van der Waals surface area contributed by atoms with Crippen molar-refractivity contribution in [1.82, 2.24) is 10.6 Å². The van der Waals surface area contributed by atoms with Crippen LogP contribution in [-0.4, -0.2) is 32.1 Å². The van der Waals surface area contributed by atoms with Crippen LogP contribution in [0, 0.1) is 5.92 Å². The number of rotatable bonds is 11. The Hall–Kier alpha value is -1.92. The van der Waals surface area contributed by atoms with E-state index >= 15 is 0 Å². The van der Waals surface area contributed by atoms with Crippen LogP contribution in [-0.2, 0) is 0 Å². The molecule has 0 saturated heterocycles. The number of halogens is 3. The average molecular weight is 412 g/mol. The molecular weight excluding hydrogens is 375 g/mol. The van der Waals surface area contributed by atoms with Gasteiger partial charge in [0.1, 0.15) is 0 Å². The van der Waals surface area contributed by atoms with Crippen LogP contribution in [0.1, 0.15) is 46.5 Å². The van der Waals surface area contributed by atoms with Crippen molar-refractivity contribution in [3.05, 3.63) is 60.4 Å². The summed E-state index contributed by atoms with van der Waals surface area (Å²) in [7, 11) is 0. The van der Waals surface area contributed by atoms with E-state index in [0.29, 0.717) is 5.92 Å². The third kappa shape index (κ3) is 13.8. The second kappa shape index (κ2) is 17.0. The van der Waals surface area contributed by atoms with E-state index in [0.717, 1.165) is 63.2 Å². The number of nitrogens with zero attached hydrogens (tertiary/aromatic N) is 1. The van der Waals surface area contributed by atoms with Gasteiger partial charge in [-0.05, 0) is 45.1 Å². The predicted octanol–water partition coefficient (Wildman–Crippen LogP) is 6.10. The lowest BCUT2D eigenvalue weighted by Crippen LogP contribution is -2.30. The minimum absolute atomic E-state index is 0.628. The minimum atomic E-state index is -4.35. The first-order valence-corrected chi connectivity index (χ1v) is 10.3. The Labute approximate surface area is 174 Å². The second-order valence-corrected chi connectivity index (χ2v) is 6.31. The maximum absolute atomic E-state index is 12.6. The molecule has 6 heteroatoms. The van der Waals surface area contributed by atoms with Gasteiger partial charge in [-0.2, -0.15) is 13.2 Å². The van der Waals surface area contributed by atoms with Crippen LogP contribution in [0.25, 0.3) is 0 Å². The van der Waals surface area contributed by atoms with Crippen molar-refractivity contribution >= 4 is 6.21 Å². The molecule has 1 unspecified atom stereocenters. The minimum Gasteiger partial charge on any atom is -0.304 e. The van der Waals surface area contributed by atoms with Gasteiger partial charge in [-0.1, -0.05) is 62.5 Å². The van der Waals surface area contributed by atoms with E-state index in [4.69, 9.17) is 0 Å². The molecule has 0 aromatic rings. The first-order valence-electron chi connectivity index (χ1n) is 10.3. The van der Waals surface area contributed by atoms with E-state index in [1.54, 1.807) is 18.5 Å². The Balaban J connectivity index is 0.00000379. The number of alkyl halides is 3. The SMILES string of the molecule is C=C/C(=C\C=C\C1=CCC(CCNCNC/C=C\N=CC)CC1)C(F)(F)F.CC. The van der Waals surface area contributed by atoms with Crippen molar-refractivity contribution in [3.63, 3.8) is 0 Å². The van der Waals surface area contributed by atoms with E-state index in [-0.39, 0.29) is 0 Å². The third-order valence-corrected chi connectivity index (χ3v) is 4.27. The third-order valence-electron chi connectivity index (χ3n) is 4.27. The molecule has 1 rings (SSSR count). The molecule has 1 atom stereocenters. The lowest BCUT2D eigenvalue weighted by Gasteiger charge is -2.20. The van der Waals surface area contributed by atoms with Gasteiger partial charge in [0.2, 0.25) is 0 Å². The molecule has 0 aromatic heterocycles. The maximum atomic E-state index is 12.6. The maximum Gasteiger partial charge on any atom is 0.416 e. The summed E-state index contributed by atoms with van der Waals surface area (Å²) < 4.78 is 37.8. The number of aliphatic imine (C=N–C) groups is 1. The molecule has 3 nitrogen and oxygen atoms in total. The van der Waals surface area contributed by atoms with Crippen LogP contribution in [0.4, 0.5) is 13.2 Å². The summed E-state index contributed by atoms with van der Waals surface area (Å²) in [5.74, 6) is 0.628. The van der Waals surface area contributed by atoms with E-state index in [9.17, 15) is 13.2 Å². The van der Waals surface area contributed by atoms with Crippen LogP contribution in [0.15, 0.2) is 65.4 Å². The molecule has 1 aliphatic rings. The van der Waals surface area contributed by atoms with E-state index in [1.807, 2.05) is 26.8 Å². The highest BCUT2D eigenvalue weighted by atomic mass is 19.4. The molecule has 29 heavy (non-hydrogen) atoms. The van der Waals surface area contributed by atoms with Crippen molar-refractivity contribution < 1.29 is 13.2 Å². The predicted molar refractivity (Wildman–Crippen MR) is 119 cm³/mol. The Bertz CT molecular complexity index is 585. The van der Waals surface area contributed by atoms with E-state index in [2.05, 4.69) is 28.3 Å². The monoisotopic (exact) mass is 411 g/mol. The molecule has 0 bridgehead atoms. The Morgan fingerprint density at radius 3 is 2.66 bits per heavy atom. The molecule has 0 saturated carbocycles. The van der Waals surface area contributed by atoms with Crippen LogP contribution in [0.3, 0.4) is 0 Å². The van der Waals surface area contributed by atoms with Gasteiger partial charge in [0.15, 0.2) is 0 Å². The highest BCUT2D eigenvalue weighted by Gasteiger charge is 2.30. The molecular formula is C23H36F3N3. The number of hydrogen-bond donors (Lipinski definition) is 2. The van der Waals surface area contributed by atoms with Gasteiger partial charge in [0, 0.05) is 25.6 Å². The standard InChI is InChI=1S/C21H30F3N3.C2H6/c1-3-20(21(22,23)24)8-5-7-18-9-11-19(12-10-18)13-16-27-17-26-15-6-14-25-4-2;1-2/h3-9,14,19,26-27H,1,10-13,15-17H2,2H3;1-2H3/b7-5+,14-6-,20-8+,25-4?;. The quantitative estimate of drug-likeness (QED) is 0.186. The Morgan fingerprint density at radius 2 is 2.07 bits per heavy atom. The highest BCUT2D eigenvalue weighted by molar-refractivity contribution is 5.54. The summed E-state index contributed by atoms with van der Waals surface area (Å²) in [5.41, 5.74) is 0.380. The van der Waals surface area contributed by atoms with Crippen LogP contribution < -0.4 is 10.6 Å². The van der Waals surface area contributed by atoms with Gasteiger partial charge in [-0.3, -0.25) is 4.99 Å². The van der Waals surface area contributed by atoms with Crippen molar-refractivity contribution in [1.29, 1.82) is 0 Å². The first kappa shape index (κ1) is 27.1. The normalized spacial score (nSPS) is 18.2. The van der Waals surface area contributed by atoms with Gasteiger partial charge in [0.05, 0.1) is 5.57 Å². The van der Waals surface area contributed by atoms with Gasteiger partial charge in [-0.25, -0.2) is 0 Å². The lowest BCUT2D eigenvalue weighted by atomic mass is 9.87. The number of allylic oxidation sites excluding steroid dienone is 7. The molecule has 0 radical (unpaired) electrons. The molecule has 164 valence electrons. The molecule has 0 aliphatic heterocycles. The van der Waals surface area contributed by atoms with Crippen molar-refractivity contribution in [3.8, 4) is 0 Å². The van der Waals surface area contributed by atoms with Gasteiger partial charge < -0.3 is 10.6 Å². The van der Waals surface area contributed by atoms with Gasteiger partial charge >= 0.3 is 6.18 Å². The summed E-state index contributed by atoms with van der Waals surface area (Å²) in [6, 6.07) is 0. The summed E-state index contributed by atoms with van der Waals surface area (Å²) in [6.07, 6.45) is 12.5. The number of nitrogens with one attached hydrogen (secondary N) is 2. The smallest absolute Gasteiger partial charge is 0.304 e. The molecule has 2 N–H and O–H groups in total. The van der Waals surface area contributed by atoms with Crippen molar-refractivity contribution in [2.24, 2.45) is 10.9 Å². The summed E-state index contributed by atoms with van der Waals surface area (Å²) in [6.45, 7) is 11.6. The lowest BCUT2D eigenvalue weighted by molar-refractivity contribution is -0.0881. The van der Waals surface area contributed by atoms with Crippen LogP contribution in [0.2, 0.25) is 0 Å². The molecule has 0 fully saturated rings. The van der Waals surface area contributed by atoms with Gasteiger partial charge in [-0.15, -0.1) is 0 Å². The fourth-order valence-electron chi connectivity index (χ4n) is 2.71. The fourth-order valence-corrected chi connectivity index (χ4v) is 2.71. The zero-order chi connectivity index (χ0) is 22.0. The van der Waals surface area contributed by atoms with E-state index < -0.39 is 11.7 Å². The Kier molecular flexibility index (Phi) is 15.9. The first-order chi connectivity index (χ1) is 14.0. The largest absolute Gasteiger partial charge is 0.416 e. The summed E-state index contributed by atoms with van der Waals surface area (Å²) >= 11 is 0. The fraction of sp³-hybridized carbons (Fsp3) is 0.522. The van der Waals surface area contributed by atoms with E-state index in [1.165, 1.54) is 6.08 Å². The summed E-state index contributed by atoms with van der Waals surface area (Å²) in [5, 5.41) is 6.61. The second-order valence-electron chi connectivity index (χ2n) is 6.31. The molecule has 0 amide bonds. The van der Waals surface area contributed by atoms with Crippen molar-refractivity contribution in [2.75, 3.05) is 19.8 Å². The average Bonchev–Trinajstić information content (AvgIpc) is 2.71. The molecule has 0 spiro atoms. The topological polar surface area (TPSA) is 36.4 Å². The molecule has 0 aromatic carbocycles. The molecule has 0 heterocycles. The zero-order valence-corrected chi connectivity index (χ0v) is 17.9. The Morgan fingerprint density at radius 1 is 1.31 bits per heavy atom. The molecule has 1 aliphatic carbocycles.